The molecule has 0 atom stereocenters. The molecule has 1 aromatic heterocycles. The van der Waals surface area contributed by atoms with Crippen LogP contribution in [0.4, 0.5) is 26.3 Å². The molecule has 8 heteroatoms. The maximum absolute atomic E-state index is 12.9. The third-order valence-electron chi connectivity index (χ3n) is 2.70. The highest BCUT2D eigenvalue weighted by molar-refractivity contribution is 6.29. The van der Waals surface area contributed by atoms with Gasteiger partial charge in [-0.05, 0) is 29.3 Å². The van der Waals surface area contributed by atoms with E-state index >= 15 is 0 Å². The van der Waals surface area contributed by atoms with Gasteiger partial charge in [0.2, 0.25) is 0 Å². The largest absolute Gasteiger partial charge is 0.418 e. The number of aromatic nitrogens is 1. The molecule has 1 heterocycles. The highest BCUT2D eigenvalue weighted by Gasteiger charge is 2.35. The molecule has 1 aromatic carbocycles. The van der Waals surface area contributed by atoms with Crippen LogP contribution in [0.2, 0.25) is 5.15 Å². The van der Waals surface area contributed by atoms with E-state index in [1.165, 1.54) is 0 Å². The van der Waals surface area contributed by atoms with Gasteiger partial charge in [0.25, 0.3) is 0 Å². The van der Waals surface area contributed by atoms with Gasteiger partial charge in [-0.3, -0.25) is 0 Å². The molecule has 0 bridgehead atoms. The molecule has 1 nitrogen and oxygen atoms in total. The van der Waals surface area contributed by atoms with Crippen LogP contribution in [0.3, 0.4) is 0 Å². The van der Waals surface area contributed by atoms with E-state index in [0.717, 1.165) is 18.2 Å². The van der Waals surface area contributed by atoms with Gasteiger partial charge in [-0.1, -0.05) is 23.7 Å². The lowest BCUT2D eigenvalue weighted by molar-refractivity contribution is -0.138. The van der Waals surface area contributed by atoms with Gasteiger partial charge in [0.15, 0.2) is 0 Å². The Hall–Kier alpha value is -1.76. The smallest absolute Gasteiger partial charge is 0.244 e. The Balaban J connectivity index is 2.54. The van der Waals surface area contributed by atoms with Crippen molar-refractivity contribution >= 4 is 11.6 Å². The molecule has 0 amide bonds. The van der Waals surface area contributed by atoms with Crippen LogP contribution < -0.4 is 0 Å². The highest BCUT2D eigenvalue weighted by atomic mass is 35.5. The number of hydrogen-bond donors (Lipinski definition) is 0. The van der Waals surface area contributed by atoms with Gasteiger partial charge in [-0.25, -0.2) is 4.98 Å². The van der Waals surface area contributed by atoms with Gasteiger partial charge >= 0.3 is 12.4 Å². The Morgan fingerprint density at radius 2 is 1.43 bits per heavy atom. The molecular weight excluding hydrogens is 320 g/mol. The van der Waals surface area contributed by atoms with E-state index in [4.69, 9.17) is 11.6 Å². The van der Waals surface area contributed by atoms with Crippen molar-refractivity contribution in [2.45, 2.75) is 12.4 Å². The Kier molecular flexibility index (Phi) is 3.88. The Morgan fingerprint density at radius 1 is 0.857 bits per heavy atom. The molecule has 0 radical (unpaired) electrons. The summed E-state index contributed by atoms with van der Waals surface area (Å²) in [7, 11) is 0. The average molecular weight is 326 g/mol. The molecule has 0 saturated heterocycles. The first-order valence-corrected chi connectivity index (χ1v) is 5.87. The van der Waals surface area contributed by atoms with Crippen LogP contribution in [-0.4, -0.2) is 4.98 Å². The molecule has 2 aromatic rings. The van der Waals surface area contributed by atoms with Crippen LogP contribution >= 0.6 is 11.6 Å². The van der Waals surface area contributed by atoms with Crippen molar-refractivity contribution in [1.29, 1.82) is 0 Å². The lowest BCUT2D eigenvalue weighted by Gasteiger charge is -2.13. The molecule has 0 fully saturated rings. The third-order valence-corrected chi connectivity index (χ3v) is 2.91. The van der Waals surface area contributed by atoms with Crippen LogP contribution in [0.15, 0.2) is 36.5 Å². The van der Waals surface area contributed by atoms with Crippen molar-refractivity contribution in [3.63, 3.8) is 0 Å². The highest BCUT2D eigenvalue weighted by Crippen LogP contribution is 2.38. The maximum Gasteiger partial charge on any atom is 0.418 e. The molecule has 21 heavy (non-hydrogen) atoms. The fourth-order valence-electron chi connectivity index (χ4n) is 1.73. The van der Waals surface area contributed by atoms with Gasteiger partial charge in [0.05, 0.1) is 11.1 Å². The molecule has 0 aliphatic carbocycles. The van der Waals surface area contributed by atoms with E-state index < -0.39 is 23.5 Å². The fourth-order valence-corrected chi connectivity index (χ4v) is 1.89. The zero-order valence-corrected chi connectivity index (χ0v) is 10.8. The Labute approximate surface area is 120 Å². The summed E-state index contributed by atoms with van der Waals surface area (Å²) in [6.45, 7) is 0. The van der Waals surface area contributed by atoms with E-state index in [9.17, 15) is 26.3 Å². The standard InChI is InChI=1S/C13H6ClF6N/c14-11-5-9(10(6-21-11)13(18,19)20)7-1-3-8(4-2-7)12(15,16)17/h1-6H. The predicted molar refractivity (Wildman–Crippen MR) is 64.7 cm³/mol. The monoisotopic (exact) mass is 325 g/mol. The summed E-state index contributed by atoms with van der Waals surface area (Å²) in [5.41, 5.74) is -2.36. The molecule has 0 saturated carbocycles. The second kappa shape index (κ2) is 5.22. The molecular formula is C13H6ClF6N. The van der Waals surface area contributed by atoms with Crippen molar-refractivity contribution in [3.8, 4) is 11.1 Å². The van der Waals surface area contributed by atoms with Crippen molar-refractivity contribution in [2.75, 3.05) is 0 Å². The molecule has 0 aliphatic heterocycles. The van der Waals surface area contributed by atoms with Crippen LogP contribution in [0.25, 0.3) is 11.1 Å². The summed E-state index contributed by atoms with van der Waals surface area (Å²) in [6.07, 6.45) is -8.69. The van der Waals surface area contributed by atoms with Crippen molar-refractivity contribution in [3.05, 3.63) is 52.8 Å². The molecule has 2 rings (SSSR count). The molecule has 0 aliphatic rings. The van der Waals surface area contributed by atoms with Crippen LogP contribution in [0, 0.1) is 0 Å². The van der Waals surface area contributed by atoms with Crippen molar-refractivity contribution in [1.82, 2.24) is 4.98 Å². The van der Waals surface area contributed by atoms with E-state index in [0.29, 0.717) is 18.3 Å². The maximum atomic E-state index is 12.9. The zero-order valence-electron chi connectivity index (χ0n) is 10.1. The summed E-state index contributed by atoms with van der Waals surface area (Å²) in [6, 6.07) is 4.31. The summed E-state index contributed by atoms with van der Waals surface area (Å²) < 4.78 is 75.9. The third kappa shape index (κ3) is 3.47. The first kappa shape index (κ1) is 15.6. The first-order valence-electron chi connectivity index (χ1n) is 5.49. The number of hydrogen-bond acceptors (Lipinski definition) is 1. The topological polar surface area (TPSA) is 12.9 Å². The summed E-state index contributed by atoms with van der Waals surface area (Å²) in [5, 5.41) is -0.183. The SMILES string of the molecule is FC(F)(F)c1ccc(-c2cc(Cl)ncc2C(F)(F)F)cc1. The van der Waals surface area contributed by atoms with Gasteiger partial charge in [0.1, 0.15) is 5.15 Å². The number of pyridine rings is 1. The van der Waals surface area contributed by atoms with Crippen molar-refractivity contribution in [2.24, 2.45) is 0 Å². The normalized spacial score (nSPS) is 12.5. The average Bonchev–Trinajstić information content (AvgIpc) is 2.36. The number of alkyl halides is 6. The van der Waals surface area contributed by atoms with E-state index in [2.05, 4.69) is 4.98 Å². The predicted octanol–water partition coefficient (Wildman–Crippen LogP) is 5.44. The number of halogens is 7. The summed E-state index contributed by atoms with van der Waals surface area (Å²) in [4.78, 5) is 3.35. The fraction of sp³-hybridized carbons (Fsp3) is 0.154. The van der Waals surface area contributed by atoms with Crippen LogP contribution in [-0.2, 0) is 12.4 Å². The number of benzene rings is 1. The molecule has 112 valence electrons. The lowest BCUT2D eigenvalue weighted by Crippen LogP contribution is -2.08. The number of nitrogens with zero attached hydrogens (tertiary/aromatic N) is 1. The minimum absolute atomic E-state index is 0.0281. The van der Waals surface area contributed by atoms with Crippen molar-refractivity contribution < 1.29 is 26.3 Å². The van der Waals surface area contributed by atoms with Crippen LogP contribution in [0.1, 0.15) is 11.1 Å². The Bertz CT molecular complexity index is 645. The first-order chi connectivity index (χ1) is 9.59. The van der Waals surface area contributed by atoms with Gasteiger partial charge < -0.3 is 0 Å². The second-order valence-electron chi connectivity index (χ2n) is 4.13. The van der Waals surface area contributed by atoms with Gasteiger partial charge in [-0.2, -0.15) is 26.3 Å². The van der Waals surface area contributed by atoms with E-state index in [1.807, 2.05) is 0 Å². The molecule has 0 N–H and O–H groups in total. The van der Waals surface area contributed by atoms with Gasteiger partial charge in [0, 0.05) is 6.20 Å². The zero-order chi connectivity index (χ0) is 15.8. The van der Waals surface area contributed by atoms with Gasteiger partial charge in [-0.15, -0.1) is 0 Å². The second-order valence-corrected chi connectivity index (χ2v) is 4.51. The Morgan fingerprint density at radius 3 is 1.90 bits per heavy atom. The number of rotatable bonds is 1. The summed E-state index contributed by atoms with van der Waals surface area (Å²) in [5.74, 6) is 0. The summed E-state index contributed by atoms with van der Waals surface area (Å²) >= 11 is 5.56. The minimum Gasteiger partial charge on any atom is -0.244 e. The molecule has 0 unspecified atom stereocenters. The lowest BCUT2D eigenvalue weighted by atomic mass is 10.00. The van der Waals surface area contributed by atoms with E-state index in [1.54, 1.807) is 0 Å². The molecule has 0 spiro atoms. The van der Waals surface area contributed by atoms with E-state index in [-0.39, 0.29) is 16.3 Å². The minimum atomic E-state index is -4.68. The quantitative estimate of drug-likeness (QED) is 0.502. The van der Waals surface area contributed by atoms with Crippen LogP contribution in [0.5, 0.6) is 0 Å².